The van der Waals surface area contributed by atoms with Crippen molar-refractivity contribution in [3.05, 3.63) is 59.7 Å². The van der Waals surface area contributed by atoms with Crippen LogP contribution < -0.4 is 10.1 Å². The van der Waals surface area contributed by atoms with Crippen LogP contribution in [0.2, 0.25) is 0 Å². The molecule has 0 unspecified atom stereocenters. The first-order valence-electron chi connectivity index (χ1n) is 8.91. The maximum Gasteiger partial charge on any atom is 0.234 e. The average Bonchev–Trinajstić information content (AvgIpc) is 2.71. The Labute approximate surface area is 168 Å². The number of hydrogen-bond donors (Lipinski definition) is 1. The van der Waals surface area contributed by atoms with Crippen LogP contribution in [0.5, 0.6) is 5.75 Å². The molecular formula is C22H21N3O2S. The third-order valence-corrected chi connectivity index (χ3v) is 5.28. The normalized spacial score (nSPS) is 10.7. The molecule has 0 saturated carbocycles. The molecule has 0 atom stereocenters. The number of nitrogens with zero attached hydrogens (tertiary/aromatic N) is 2. The number of carbonyl (C=O) groups is 1. The number of aromatic nitrogens is 1. The number of anilines is 1. The maximum absolute atomic E-state index is 12.3. The van der Waals surface area contributed by atoms with E-state index in [-0.39, 0.29) is 11.7 Å². The van der Waals surface area contributed by atoms with Crippen LogP contribution in [-0.2, 0) is 4.79 Å². The predicted molar refractivity (Wildman–Crippen MR) is 113 cm³/mol. The van der Waals surface area contributed by atoms with Gasteiger partial charge in [0.05, 0.1) is 23.9 Å². The van der Waals surface area contributed by atoms with Crippen LogP contribution in [0.4, 0.5) is 5.69 Å². The molecule has 5 nitrogen and oxygen atoms in total. The van der Waals surface area contributed by atoms with Crippen molar-refractivity contribution >= 4 is 34.3 Å². The molecule has 142 valence electrons. The Morgan fingerprint density at radius 1 is 1.25 bits per heavy atom. The largest absolute Gasteiger partial charge is 0.497 e. The van der Waals surface area contributed by atoms with Crippen molar-refractivity contribution in [1.82, 2.24) is 4.98 Å². The lowest BCUT2D eigenvalue weighted by molar-refractivity contribution is -0.113. The molecule has 0 saturated heterocycles. The van der Waals surface area contributed by atoms with Crippen molar-refractivity contribution in [2.24, 2.45) is 0 Å². The van der Waals surface area contributed by atoms with Crippen molar-refractivity contribution in [3.63, 3.8) is 0 Å². The molecule has 0 aliphatic heterocycles. The highest BCUT2D eigenvalue weighted by Gasteiger charge is 2.12. The molecule has 3 rings (SSSR count). The Balaban J connectivity index is 1.75. The lowest BCUT2D eigenvalue weighted by Crippen LogP contribution is -2.14. The summed E-state index contributed by atoms with van der Waals surface area (Å²) in [6.07, 6.45) is 0. The van der Waals surface area contributed by atoms with Crippen LogP contribution >= 0.6 is 11.8 Å². The standard InChI is InChI=1S/C22H21N3O2S/c1-14(2)15-7-8-20-16(9-15)10-17(12-23)22(25-20)28-13-21(26)24-18-5-4-6-19(11-18)27-3/h4-11,14H,13H2,1-3H3,(H,24,26). The van der Waals surface area contributed by atoms with Gasteiger partial charge >= 0.3 is 0 Å². The van der Waals surface area contributed by atoms with Crippen LogP contribution in [-0.4, -0.2) is 23.8 Å². The van der Waals surface area contributed by atoms with Crippen LogP contribution in [0, 0.1) is 11.3 Å². The zero-order chi connectivity index (χ0) is 20.1. The monoisotopic (exact) mass is 391 g/mol. The summed E-state index contributed by atoms with van der Waals surface area (Å²) in [6, 6.07) is 17.3. The number of amides is 1. The third kappa shape index (κ3) is 4.62. The molecule has 0 bridgehead atoms. The summed E-state index contributed by atoms with van der Waals surface area (Å²) in [7, 11) is 1.58. The molecule has 0 fully saturated rings. The highest BCUT2D eigenvalue weighted by molar-refractivity contribution is 8.00. The molecule has 0 aliphatic carbocycles. The molecule has 3 aromatic rings. The molecule has 2 aromatic carbocycles. The van der Waals surface area contributed by atoms with Crippen LogP contribution in [0.15, 0.2) is 53.6 Å². The van der Waals surface area contributed by atoms with E-state index in [1.54, 1.807) is 19.2 Å². The topological polar surface area (TPSA) is 75.0 Å². The van der Waals surface area contributed by atoms with Crippen molar-refractivity contribution in [3.8, 4) is 11.8 Å². The van der Waals surface area contributed by atoms with Gasteiger partial charge in [-0.1, -0.05) is 37.7 Å². The molecule has 6 heteroatoms. The first kappa shape index (κ1) is 19.7. The summed E-state index contributed by atoms with van der Waals surface area (Å²) in [5.41, 5.74) is 3.17. The average molecular weight is 391 g/mol. The summed E-state index contributed by atoms with van der Waals surface area (Å²) < 4.78 is 5.16. The minimum atomic E-state index is -0.167. The Bertz CT molecular complexity index is 1060. The number of nitriles is 1. The van der Waals surface area contributed by atoms with E-state index < -0.39 is 0 Å². The molecule has 0 spiro atoms. The number of hydrogen-bond acceptors (Lipinski definition) is 5. The minimum Gasteiger partial charge on any atom is -0.497 e. The fourth-order valence-corrected chi connectivity index (χ4v) is 3.52. The van der Waals surface area contributed by atoms with Gasteiger partial charge in [-0.25, -0.2) is 4.98 Å². The van der Waals surface area contributed by atoms with Crippen LogP contribution in [0.25, 0.3) is 10.9 Å². The number of pyridine rings is 1. The van der Waals surface area contributed by atoms with Crippen molar-refractivity contribution in [1.29, 1.82) is 5.26 Å². The number of thioether (sulfide) groups is 1. The maximum atomic E-state index is 12.3. The predicted octanol–water partition coefficient (Wildman–Crippen LogP) is 4.97. The number of methoxy groups -OCH3 is 1. The number of fused-ring (bicyclic) bond motifs is 1. The van der Waals surface area contributed by atoms with E-state index in [1.807, 2.05) is 24.3 Å². The smallest absolute Gasteiger partial charge is 0.234 e. The Morgan fingerprint density at radius 3 is 2.79 bits per heavy atom. The van der Waals surface area contributed by atoms with Gasteiger partial charge < -0.3 is 10.1 Å². The second-order valence-electron chi connectivity index (χ2n) is 6.63. The van der Waals surface area contributed by atoms with Gasteiger partial charge in [0.2, 0.25) is 5.91 Å². The second-order valence-corrected chi connectivity index (χ2v) is 7.59. The number of ether oxygens (including phenoxy) is 1. The highest BCUT2D eigenvalue weighted by Crippen LogP contribution is 2.27. The first-order valence-corrected chi connectivity index (χ1v) is 9.90. The number of carbonyl (C=O) groups excluding carboxylic acids is 1. The summed E-state index contributed by atoms with van der Waals surface area (Å²) in [6.45, 7) is 4.26. The first-order chi connectivity index (χ1) is 13.5. The van der Waals surface area contributed by atoms with Gasteiger partial charge in [0, 0.05) is 17.1 Å². The van der Waals surface area contributed by atoms with Gasteiger partial charge in [-0.3, -0.25) is 4.79 Å². The van der Waals surface area contributed by atoms with Crippen LogP contribution in [0.1, 0.15) is 30.9 Å². The van der Waals surface area contributed by atoms with Crippen molar-refractivity contribution in [2.75, 3.05) is 18.2 Å². The summed E-state index contributed by atoms with van der Waals surface area (Å²) in [5, 5.41) is 13.8. The molecule has 1 amide bonds. The van der Waals surface area contributed by atoms with Gasteiger partial charge in [-0.2, -0.15) is 5.26 Å². The van der Waals surface area contributed by atoms with E-state index in [2.05, 4.69) is 42.4 Å². The number of nitrogens with one attached hydrogen (secondary N) is 1. The zero-order valence-electron chi connectivity index (χ0n) is 16.0. The summed E-state index contributed by atoms with van der Waals surface area (Å²) in [5.74, 6) is 1.08. The Hall–Kier alpha value is -3.04. The SMILES string of the molecule is COc1cccc(NC(=O)CSc2nc3ccc(C(C)C)cc3cc2C#N)c1. The fourth-order valence-electron chi connectivity index (χ4n) is 2.76. The Kier molecular flexibility index (Phi) is 6.17. The molecule has 0 radical (unpaired) electrons. The molecule has 28 heavy (non-hydrogen) atoms. The zero-order valence-corrected chi connectivity index (χ0v) is 16.8. The number of rotatable bonds is 6. The van der Waals surface area contributed by atoms with Crippen molar-refractivity contribution < 1.29 is 9.53 Å². The van der Waals surface area contributed by atoms with Gasteiger partial charge in [0.25, 0.3) is 0 Å². The van der Waals surface area contributed by atoms with Gasteiger partial charge in [-0.05, 0) is 41.8 Å². The van der Waals surface area contributed by atoms with Gasteiger partial charge in [0.1, 0.15) is 16.8 Å². The van der Waals surface area contributed by atoms with E-state index in [4.69, 9.17) is 4.74 Å². The molecular weight excluding hydrogens is 370 g/mol. The third-order valence-electron chi connectivity index (χ3n) is 4.28. The van der Waals surface area contributed by atoms with Gasteiger partial charge in [-0.15, -0.1) is 0 Å². The lowest BCUT2D eigenvalue weighted by Gasteiger charge is -2.10. The fraction of sp³-hybridized carbons (Fsp3) is 0.227. The quantitative estimate of drug-likeness (QED) is 0.601. The summed E-state index contributed by atoms with van der Waals surface area (Å²) in [4.78, 5) is 16.9. The highest BCUT2D eigenvalue weighted by atomic mass is 32.2. The molecule has 1 N–H and O–H groups in total. The Morgan fingerprint density at radius 2 is 2.07 bits per heavy atom. The number of benzene rings is 2. The van der Waals surface area contributed by atoms with Crippen LogP contribution in [0.3, 0.4) is 0 Å². The molecule has 1 heterocycles. The minimum absolute atomic E-state index is 0.161. The van der Waals surface area contributed by atoms with E-state index >= 15 is 0 Å². The van der Waals surface area contributed by atoms with E-state index in [0.29, 0.717) is 27.9 Å². The van der Waals surface area contributed by atoms with Gasteiger partial charge in [0.15, 0.2) is 0 Å². The molecule has 1 aromatic heterocycles. The van der Waals surface area contributed by atoms with E-state index in [0.717, 1.165) is 10.9 Å². The van der Waals surface area contributed by atoms with Crippen molar-refractivity contribution in [2.45, 2.75) is 24.8 Å². The van der Waals surface area contributed by atoms with E-state index in [1.165, 1.54) is 17.3 Å². The second kappa shape index (κ2) is 8.77. The van der Waals surface area contributed by atoms with E-state index in [9.17, 15) is 10.1 Å². The summed E-state index contributed by atoms with van der Waals surface area (Å²) >= 11 is 1.26. The lowest BCUT2D eigenvalue weighted by atomic mass is 10.0. The molecule has 0 aliphatic rings.